The maximum Gasteiger partial charge on any atom is 0.240 e. The van der Waals surface area contributed by atoms with Crippen LogP contribution < -0.4 is 15.8 Å². The van der Waals surface area contributed by atoms with Gasteiger partial charge in [0.15, 0.2) is 5.96 Å². The molecule has 6 nitrogen and oxygen atoms in total. The first-order valence-corrected chi connectivity index (χ1v) is 8.14. The van der Waals surface area contributed by atoms with E-state index in [1.54, 1.807) is 31.2 Å². The van der Waals surface area contributed by atoms with E-state index in [-0.39, 0.29) is 4.90 Å². The second kappa shape index (κ2) is 6.23. The fraction of sp³-hybridized carbons (Fsp3) is 0.462. The van der Waals surface area contributed by atoms with Crippen LogP contribution in [0.1, 0.15) is 25.3 Å². The van der Waals surface area contributed by atoms with Gasteiger partial charge in [-0.05, 0) is 30.5 Å². The second-order valence-corrected chi connectivity index (χ2v) is 6.53. The Morgan fingerprint density at radius 2 is 2.00 bits per heavy atom. The van der Waals surface area contributed by atoms with Gasteiger partial charge in [-0.2, -0.15) is 0 Å². The molecule has 1 aliphatic rings. The van der Waals surface area contributed by atoms with Gasteiger partial charge in [0, 0.05) is 12.6 Å². The molecule has 7 heteroatoms. The molecule has 20 heavy (non-hydrogen) atoms. The van der Waals surface area contributed by atoms with Gasteiger partial charge in [0.1, 0.15) is 0 Å². The molecule has 0 unspecified atom stereocenters. The fourth-order valence-electron chi connectivity index (χ4n) is 1.71. The number of rotatable bonds is 6. The van der Waals surface area contributed by atoms with Crippen LogP contribution in [-0.2, 0) is 16.6 Å². The summed E-state index contributed by atoms with van der Waals surface area (Å²) in [5, 5.41) is 3.10. The smallest absolute Gasteiger partial charge is 0.240 e. The number of hydrogen-bond acceptors (Lipinski definition) is 3. The van der Waals surface area contributed by atoms with Gasteiger partial charge in [0.05, 0.1) is 11.4 Å². The van der Waals surface area contributed by atoms with Crippen molar-refractivity contribution in [2.24, 2.45) is 10.7 Å². The van der Waals surface area contributed by atoms with Crippen molar-refractivity contribution >= 4 is 16.0 Å². The first-order valence-electron chi connectivity index (χ1n) is 6.66. The Morgan fingerprint density at radius 3 is 2.55 bits per heavy atom. The van der Waals surface area contributed by atoms with Gasteiger partial charge < -0.3 is 11.1 Å². The second-order valence-electron chi connectivity index (χ2n) is 4.77. The molecule has 0 bridgehead atoms. The summed E-state index contributed by atoms with van der Waals surface area (Å²) in [6, 6.07) is 7.13. The summed E-state index contributed by atoms with van der Waals surface area (Å²) in [6.45, 7) is 2.56. The van der Waals surface area contributed by atoms with E-state index in [9.17, 15) is 8.42 Å². The third-order valence-corrected chi connectivity index (χ3v) is 4.49. The Bertz CT molecular complexity index is 577. The van der Waals surface area contributed by atoms with Crippen LogP contribution in [0.3, 0.4) is 0 Å². The van der Waals surface area contributed by atoms with Gasteiger partial charge >= 0.3 is 0 Å². The Hall–Kier alpha value is -1.60. The van der Waals surface area contributed by atoms with E-state index in [1.165, 1.54) is 0 Å². The normalized spacial score (nSPS) is 16.1. The van der Waals surface area contributed by atoms with Crippen molar-refractivity contribution < 1.29 is 8.42 Å². The molecule has 0 amide bonds. The first-order chi connectivity index (χ1) is 9.51. The maximum atomic E-state index is 11.8. The summed E-state index contributed by atoms with van der Waals surface area (Å²) in [7, 11) is -3.39. The third kappa shape index (κ3) is 4.21. The molecular weight excluding hydrogens is 276 g/mol. The van der Waals surface area contributed by atoms with Crippen LogP contribution in [0, 0.1) is 0 Å². The van der Waals surface area contributed by atoms with Crippen molar-refractivity contribution in [2.75, 3.05) is 6.54 Å². The Morgan fingerprint density at radius 1 is 1.35 bits per heavy atom. The van der Waals surface area contributed by atoms with Crippen molar-refractivity contribution in [3.63, 3.8) is 0 Å². The van der Waals surface area contributed by atoms with Crippen molar-refractivity contribution in [3.8, 4) is 0 Å². The topological polar surface area (TPSA) is 96.6 Å². The van der Waals surface area contributed by atoms with Crippen molar-refractivity contribution in [1.82, 2.24) is 10.0 Å². The monoisotopic (exact) mass is 296 g/mol. The maximum absolute atomic E-state index is 11.8. The quantitative estimate of drug-likeness (QED) is 0.527. The molecule has 1 aromatic rings. The van der Waals surface area contributed by atoms with Crippen molar-refractivity contribution in [2.45, 2.75) is 37.2 Å². The van der Waals surface area contributed by atoms with Crippen LogP contribution >= 0.6 is 0 Å². The summed E-state index contributed by atoms with van der Waals surface area (Å²) >= 11 is 0. The van der Waals surface area contributed by atoms with E-state index in [2.05, 4.69) is 15.0 Å². The lowest BCUT2D eigenvalue weighted by Crippen LogP contribution is -2.33. The lowest BCUT2D eigenvalue weighted by atomic mass is 10.2. The molecule has 0 aliphatic heterocycles. The van der Waals surface area contributed by atoms with Gasteiger partial charge in [0.25, 0.3) is 0 Å². The summed E-state index contributed by atoms with van der Waals surface area (Å²) in [6.07, 6.45) is 2.29. The van der Waals surface area contributed by atoms with E-state index in [0.29, 0.717) is 25.1 Å². The predicted molar refractivity (Wildman–Crippen MR) is 78.8 cm³/mol. The van der Waals surface area contributed by atoms with Gasteiger partial charge in [-0.3, -0.25) is 0 Å². The highest BCUT2D eigenvalue weighted by Crippen LogP contribution is 2.18. The van der Waals surface area contributed by atoms with E-state index >= 15 is 0 Å². The molecule has 0 heterocycles. The molecule has 110 valence electrons. The predicted octanol–water partition coefficient (Wildman–Crippen LogP) is 0.552. The number of guanidine groups is 1. The Kier molecular flexibility index (Phi) is 4.61. The molecule has 0 radical (unpaired) electrons. The lowest BCUT2D eigenvalue weighted by Gasteiger charge is -2.06. The number of nitrogens with zero attached hydrogens (tertiary/aromatic N) is 1. The van der Waals surface area contributed by atoms with Crippen LogP contribution in [0.5, 0.6) is 0 Å². The number of benzene rings is 1. The molecule has 2 rings (SSSR count). The van der Waals surface area contributed by atoms with E-state index in [4.69, 9.17) is 5.73 Å². The highest BCUT2D eigenvalue weighted by molar-refractivity contribution is 7.89. The highest BCUT2D eigenvalue weighted by atomic mass is 32.2. The number of aliphatic imine (C=N–C) groups is 1. The number of hydrogen-bond donors (Lipinski definition) is 3. The fourth-order valence-corrected chi connectivity index (χ4v) is 2.75. The molecule has 0 aromatic heterocycles. The zero-order valence-corrected chi connectivity index (χ0v) is 12.3. The minimum atomic E-state index is -3.39. The summed E-state index contributed by atoms with van der Waals surface area (Å²) in [4.78, 5) is 4.48. The highest BCUT2D eigenvalue weighted by Gasteiger charge is 2.21. The van der Waals surface area contributed by atoms with Crippen molar-refractivity contribution in [1.29, 1.82) is 0 Å². The number of nitrogens with two attached hydrogens (primary N) is 1. The molecule has 4 N–H and O–H groups in total. The molecule has 0 spiro atoms. The average Bonchev–Trinajstić information content (AvgIpc) is 3.21. The van der Waals surface area contributed by atoms with E-state index in [1.807, 2.05) is 0 Å². The SMILES string of the molecule is CCNS(=O)(=O)c1ccc(CN=C(N)NC2CC2)cc1. The average molecular weight is 296 g/mol. The van der Waals surface area contributed by atoms with Crippen LogP contribution in [0.25, 0.3) is 0 Å². The summed E-state index contributed by atoms with van der Waals surface area (Å²) in [5.41, 5.74) is 6.65. The minimum Gasteiger partial charge on any atom is -0.370 e. The summed E-state index contributed by atoms with van der Waals surface area (Å²) < 4.78 is 26.0. The molecule has 1 saturated carbocycles. The third-order valence-electron chi connectivity index (χ3n) is 2.93. The molecule has 1 fully saturated rings. The lowest BCUT2D eigenvalue weighted by molar-refractivity contribution is 0.584. The van der Waals surface area contributed by atoms with E-state index in [0.717, 1.165) is 18.4 Å². The number of nitrogens with one attached hydrogen (secondary N) is 2. The van der Waals surface area contributed by atoms with Gasteiger partial charge in [-0.1, -0.05) is 19.1 Å². The van der Waals surface area contributed by atoms with Crippen LogP contribution in [0.2, 0.25) is 0 Å². The largest absolute Gasteiger partial charge is 0.370 e. The molecule has 1 aliphatic carbocycles. The zero-order chi connectivity index (χ0) is 14.6. The Balaban J connectivity index is 1.97. The van der Waals surface area contributed by atoms with Crippen LogP contribution in [0.15, 0.2) is 34.2 Å². The summed E-state index contributed by atoms with van der Waals surface area (Å²) in [5.74, 6) is 0.442. The minimum absolute atomic E-state index is 0.260. The van der Waals surface area contributed by atoms with Crippen LogP contribution in [0.4, 0.5) is 0 Å². The van der Waals surface area contributed by atoms with Gasteiger partial charge in [-0.25, -0.2) is 18.1 Å². The Labute approximate surface area is 119 Å². The van der Waals surface area contributed by atoms with Crippen LogP contribution in [-0.4, -0.2) is 27.0 Å². The van der Waals surface area contributed by atoms with E-state index < -0.39 is 10.0 Å². The first kappa shape index (κ1) is 14.8. The number of sulfonamides is 1. The van der Waals surface area contributed by atoms with Gasteiger partial charge in [0.2, 0.25) is 10.0 Å². The zero-order valence-electron chi connectivity index (χ0n) is 11.5. The standard InChI is InChI=1S/C13H20N4O2S/c1-2-16-20(18,19)12-7-3-10(4-8-12)9-15-13(14)17-11-5-6-11/h3-4,7-8,11,16H,2,5-6,9H2,1H3,(H3,14,15,17). The van der Waals surface area contributed by atoms with Crippen molar-refractivity contribution in [3.05, 3.63) is 29.8 Å². The molecule has 0 atom stereocenters. The molecule has 1 aromatic carbocycles. The van der Waals surface area contributed by atoms with Gasteiger partial charge in [-0.15, -0.1) is 0 Å². The molecular formula is C13H20N4O2S. The molecule has 0 saturated heterocycles.